The second-order valence-electron chi connectivity index (χ2n) is 6.40. The van der Waals surface area contributed by atoms with Crippen molar-refractivity contribution in [1.29, 1.82) is 0 Å². The van der Waals surface area contributed by atoms with Crippen molar-refractivity contribution in [2.24, 2.45) is 4.99 Å². The Bertz CT molecular complexity index is 866. The van der Waals surface area contributed by atoms with E-state index in [1.165, 1.54) is 23.4 Å². The Balaban J connectivity index is 1.29. The second-order valence-corrected chi connectivity index (χ2v) is 8.59. The average molecular weight is 402 g/mol. The van der Waals surface area contributed by atoms with Gasteiger partial charge in [0.1, 0.15) is 10.2 Å². The minimum Gasteiger partial charge on any atom is -0.366 e. The van der Waals surface area contributed by atoms with Gasteiger partial charge in [0.2, 0.25) is 5.91 Å². The van der Waals surface area contributed by atoms with E-state index in [4.69, 9.17) is 0 Å². The van der Waals surface area contributed by atoms with Crippen LogP contribution in [0.4, 0.5) is 15.8 Å². The van der Waals surface area contributed by atoms with Crippen LogP contribution in [0.2, 0.25) is 0 Å². The summed E-state index contributed by atoms with van der Waals surface area (Å²) in [6, 6.07) is 14.9. The molecule has 4 rings (SSSR count). The first-order valence-electron chi connectivity index (χ1n) is 8.90. The summed E-state index contributed by atoms with van der Waals surface area (Å²) in [7, 11) is 0. The summed E-state index contributed by atoms with van der Waals surface area (Å²) < 4.78 is 14.9. The van der Waals surface area contributed by atoms with Crippen LogP contribution in [0.1, 0.15) is 5.56 Å². The Morgan fingerprint density at radius 3 is 2.63 bits per heavy atom. The highest BCUT2D eigenvalue weighted by Crippen LogP contribution is 2.34. The van der Waals surface area contributed by atoms with E-state index in [1.54, 1.807) is 23.9 Å². The molecule has 0 atom stereocenters. The normalized spacial score (nSPS) is 16.7. The molecule has 2 aromatic rings. The number of amides is 1. The summed E-state index contributed by atoms with van der Waals surface area (Å²) >= 11 is 3.20. The van der Waals surface area contributed by atoms with E-state index in [9.17, 15) is 9.18 Å². The van der Waals surface area contributed by atoms with E-state index in [1.807, 2.05) is 34.1 Å². The molecule has 27 heavy (non-hydrogen) atoms. The first-order valence-corrected chi connectivity index (χ1v) is 10.9. The smallest absolute Gasteiger partial charge is 0.233 e. The molecule has 0 radical (unpaired) electrons. The van der Waals surface area contributed by atoms with Crippen LogP contribution < -0.4 is 4.90 Å². The number of halogens is 1. The van der Waals surface area contributed by atoms with Crippen LogP contribution in [-0.2, 0) is 10.5 Å². The minimum absolute atomic E-state index is 0.121. The number of anilines is 1. The largest absolute Gasteiger partial charge is 0.366 e. The maximum Gasteiger partial charge on any atom is 0.233 e. The lowest BCUT2D eigenvalue weighted by Crippen LogP contribution is -2.49. The van der Waals surface area contributed by atoms with E-state index in [2.05, 4.69) is 11.1 Å². The van der Waals surface area contributed by atoms with Crippen LogP contribution in [0.25, 0.3) is 0 Å². The predicted molar refractivity (Wildman–Crippen MR) is 112 cm³/mol. The second kappa shape index (κ2) is 8.35. The Morgan fingerprint density at radius 2 is 1.81 bits per heavy atom. The number of carbonyl (C=O) groups excluding carboxylic acids is 1. The van der Waals surface area contributed by atoms with Crippen LogP contribution in [0.5, 0.6) is 0 Å². The summed E-state index contributed by atoms with van der Waals surface area (Å²) in [6.45, 7) is 2.55. The highest BCUT2D eigenvalue weighted by molar-refractivity contribution is 8.38. The maximum absolute atomic E-state index is 13.9. The number of fused-ring (bicyclic) bond motifs is 1. The fraction of sp³-hybridized carbons (Fsp3) is 0.300. The summed E-state index contributed by atoms with van der Waals surface area (Å²) in [5.41, 5.74) is 2.86. The Hall–Kier alpha value is -1.99. The third kappa shape index (κ3) is 4.30. The van der Waals surface area contributed by atoms with Crippen LogP contribution in [0, 0.1) is 5.82 Å². The van der Waals surface area contributed by atoms with Gasteiger partial charge in [0.25, 0.3) is 0 Å². The topological polar surface area (TPSA) is 35.9 Å². The molecule has 0 saturated carbocycles. The van der Waals surface area contributed by atoms with Gasteiger partial charge in [-0.25, -0.2) is 9.38 Å². The van der Waals surface area contributed by atoms with E-state index < -0.39 is 0 Å². The van der Waals surface area contributed by atoms with Gasteiger partial charge in [0.15, 0.2) is 0 Å². The number of carbonyl (C=O) groups is 1. The molecule has 0 spiro atoms. The van der Waals surface area contributed by atoms with E-state index in [0.717, 1.165) is 15.8 Å². The van der Waals surface area contributed by atoms with E-state index >= 15 is 0 Å². The van der Waals surface area contributed by atoms with Crippen molar-refractivity contribution in [3.8, 4) is 0 Å². The van der Waals surface area contributed by atoms with Crippen molar-refractivity contribution in [3.05, 3.63) is 59.9 Å². The van der Waals surface area contributed by atoms with E-state index in [0.29, 0.717) is 37.6 Å². The Kier molecular flexibility index (Phi) is 5.69. The summed E-state index contributed by atoms with van der Waals surface area (Å²) in [4.78, 5) is 21.1. The molecular weight excluding hydrogens is 381 g/mol. The van der Waals surface area contributed by atoms with Crippen molar-refractivity contribution in [3.63, 3.8) is 0 Å². The number of aliphatic imine (C=N–C) groups is 1. The molecule has 7 heteroatoms. The zero-order chi connectivity index (χ0) is 18.6. The van der Waals surface area contributed by atoms with Gasteiger partial charge in [-0.05, 0) is 23.8 Å². The molecule has 1 saturated heterocycles. The number of benzene rings is 2. The lowest BCUT2D eigenvalue weighted by atomic mass is 10.2. The van der Waals surface area contributed by atoms with Crippen molar-refractivity contribution in [1.82, 2.24) is 4.90 Å². The molecule has 1 fully saturated rings. The van der Waals surface area contributed by atoms with Gasteiger partial charge in [0.05, 0.1) is 17.1 Å². The SMILES string of the molecule is O=C(CSC1=Nc2ccccc2CS1)N1CCN(c2ccccc2F)CC1. The molecule has 1 amide bonds. The zero-order valence-corrected chi connectivity index (χ0v) is 16.4. The van der Waals surface area contributed by atoms with Crippen molar-refractivity contribution in [2.45, 2.75) is 5.75 Å². The van der Waals surface area contributed by atoms with Gasteiger partial charge < -0.3 is 9.80 Å². The molecule has 0 aliphatic carbocycles. The lowest BCUT2D eigenvalue weighted by Gasteiger charge is -2.36. The van der Waals surface area contributed by atoms with Crippen LogP contribution in [0.15, 0.2) is 53.5 Å². The number of hydrogen-bond acceptors (Lipinski definition) is 5. The number of para-hydroxylation sites is 2. The first kappa shape index (κ1) is 18.4. The average Bonchev–Trinajstić information content (AvgIpc) is 2.72. The number of rotatable bonds is 3. The predicted octanol–water partition coefficient (Wildman–Crippen LogP) is 4.14. The quantitative estimate of drug-likeness (QED) is 0.774. The summed E-state index contributed by atoms with van der Waals surface area (Å²) in [6.07, 6.45) is 0. The molecule has 2 aliphatic heterocycles. The minimum atomic E-state index is -0.208. The van der Waals surface area contributed by atoms with Crippen LogP contribution >= 0.6 is 23.5 Å². The molecule has 0 aromatic heterocycles. The molecule has 2 aliphatic rings. The van der Waals surface area contributed by atoms with Crippen LogP contribution in [0.3, 0.4) is 0 Å². The molecule has 2 heterocycles. The fourth-order valence-electron chi connectivity index (χ4n) is 3.21. The molecule has 2 aromatic carbocycles. The number of piperazine rings is 1. The standard InChI is InChI=1S/C20H20FN3OS2/c21-16-6-2-4-8-18(16)23-9-11-24(12-10-23)19(25)14-27-20-22-17-7-3-1-5-15(17)13-26-20/h1-8H,9-14H2. The Labute approximate surface area is 166 Å². The van der Waals surface area contributed by atoms with Gasteiger partial charge in [-0.2, -0.15) is 0 Å². The number of hydrogen-bond donors (Lipinski definition) is 0. The first-order chi connectivity index (χ1) is 13.2. The molecule has 0 N–H and O–H groups in total. The van der Waals surface area contributed by atoms with Gasteiger partial charge in [-0.1, -0.05) is 53.9 Å². The monoisotopic (exact) mass is 401 g/mol. The molecule has 0 unspecified atom stereocenters. The van der Waals surface area contributed by atoms with Crippen molar-refractivity contribution >= 4 is 45.2 Å². The van der Waals surface area contributed by atoms with E-state index in [-0.39, 0.29) is 11.7 Å². The zero-order valence-electron chi connectivity index (χ0n) is 14.8. The number of nitrogens with zero attached hydrogens (tertiary/aromatic N) is 3. The van der Waals surface area contributed by atoms with Gasteiger partial charge in [-0.3, -0.25) is 4.79 Å². The number of thioether (sulfide) groups is 2. The molecule has 0 bridgehead atoms. The summed E-state index contributed by atoms with van der Waals surface area (Å²) in [5.74, 6) is 1.21. The van der Waals surface area contributed by atoms with Gasteiger partial charge in [-0.15, -0.1) is 0 Å². The Morgan fingerprint density at radius 1 is 1.07 bits per heavy atom. The highest BCUT2D eigenvalue weighted by Gasteiger charge is 2.23. The molecule has 140 valence electrons. The van der Waals surface area contributed by atoms with Crippen molar-refractivity contribution < 1.29 is 9.18 Å². The summed E-state index contributed by atoms with van der Waals surface area (Å²) in [5, 5.41) is 0. The van der Waals surface area contributed by atoms with Gasteiger partial charge >= 0.3 is 0 Å². The van der Waals surface area contributed by atoms with Gasteiger partial charge in [0, 0.05) is 31.9 Å². The van der Waals surface area contributed by atoms with Crippen LogP contribution in [-0.4, -0.2) is 47.1 Å². The third-order valence-corrected chi connectivity index (χ3v) is 6.93. The highest BCUT2D eigenvalue weighted by atomic mass is 32.2. The van der Waals surface area contributed by atoms with Crippen molar-refractivity contribution in [2.75, 3.05) is 36.8 Å². The third-order valence-electron chi connectivity index (χ3n) is 4.70. The maximum atomic E-state index is 13.9. The lowest BCUT2D eigenvalue weighted by molar-refractivity contribution is -0.128. The molecular formula is C20H20FN3OS2. The fourth-order valence-corrected chi connectivity index (χ4v) is 5.17. The molecule has 4 nitrogen and oxygen atoms in total.